The molecule has 178 valence electrons. The number of nitrogens with zero attached hydrogens (tertiary/aromatic N) is 3. The van der Waals surface area contributed by atoms with Gasteiger partial charge in [0.25, 0.3) is 0 Å². The van der Waals surface area contributed by atoms with Crippen LogP contribution in [0.5, 0.6) is 0 Å². The van der Waals surface area contributed by atoms with Crippen molar-refractivity contribution in [3.63, 3.8) is 0 Å². The summed E-state index contributed by atoms with van der Waals surface area (Å²) in [6.07, 6.45) is 0.629. The molecule has 0 saturated heterocycles. The first-order valence-corrected chi connectivity index (χ1v) is 12.2. The second-order valence-electron chi connectivity index (χ2n) is 8.29. The number of anilines is 2. The Morgan fingerprint density at radius 1 is 0.886 bits per heavy atom. The third-order valence-corrected chi connectivity index (χ3v) is 6.23. The lowest BCUT2D eigenvalue weighted by Gasteiger charge is -2.14. The first-order chi connectivity index (χ1) is 16.9. The van der Waals surface area contributed by atoms with Crippen LogP contribution >= 0.6 is 11.8 Å². The molecule has 0 saturated carbocycles. The van der Waals surface area contributed by atoms with Gasteiger partial charge in [-0.05, 0) is 49.2 Å². The van der Waals surface area contributed by atoms with Crippen molar-refractivity contribution in [3.8, 4) is 5.69 Å². The van der Waals surface area contributed by atoms with E-state index in [1.807, 2.05) is 22.8 Å². The van der Waals surface area contributed by atoms with Crippen molar-refractivity contribution in [2.45, 2.75) is 32.3 Å². The van der Waals surface area contributed by atoms with E-state index >= 15 is 0 Å². The smallest absolute Gasteiger partial charge is 0.234 e. The molecule has 1 heterocycles. The SMILES string of the molecule is CC(=O)Nc1cccc(NC(=O)CSc2nnc(Cc3ccccc3)n2-c2ccc(C)cc2C)c1. The highest BCUT2D eigenvalue weighted by Gasteiger charge is 2.18. The molecule has 0 unspecified atom stereocenters. The Bertz CT molecular complexity index is 1350. The van der Waals surface area contributed by atoms with E-state index in [1.165, 1.54) is 24.2 Å². The molecule has 0 bridgehead atoms. The van der Waals surface area contributed by atoms with Crippen LogP contribution < -0.4 is 10.6 Å². The number of aromatic nitrogens is 3. The number of aryl methyl sites for hydroxylation is 2. The van der Waals surface area contributed by atoms with Gasteiger partial charge in [0.05, 0.1) is 11.4 Å². The molecule has 0 fully saturated rings. The maximum atomic E-state index is 12.7. The van der Waals surface area contributed by atoms with Crippen LogP contribution in [0.25, 0.3) is 5.69 Å². The van der Waals surface area contributed by atoms with Gasteiger partial charge in [-0.1, -0.05) is 65.9 Å². The Hall–Kier alpha value is -3.91. The molecule has 35 heavy (non-hydrogen) atoms. The predicted molar refractivity (Wildman–Crippen MR) is 140 cm³/mol. The molecule has 4 rings (SSSR count). The van der Waals surface area contributed by atoms with Crippen LogP contribution in [-0.4, -0.2) is 32.3 Å². The van der Waals surface area contributed by atoms with Crippen LogP contribution in [0.4, 0.5) is 11.4 Å². The summed E-state index contributed by atoms with van der Waals surface area (Å²) in [7, 11) is 0. The minimum absolute atomic E-state index is 0.165. The number of amides is 2. The van der Waals surface area contributed by atoms with E-state index in [-0.39, 0.29) is 17.6 Å². The van der Waals surface area contributed by atoms with E-state index in [4.69, 9.17) is 0 Å². The second kappa shape index (κ2) is 11.0. The average Bonchev–Trinajstić information content (AvgIpc) is 3.20. The van der Waals surface area contributed by atoms with Crippen molar-refractivity contribution in [1.29, 1.82) is 0 Å². The zero-order valence-electron chi connectivity index (χ0n) is 19.9. The summed E-state index contributed by atoms with van der Waals surface area (Å²) in [5.41, 5.74) is 5.67. The van der Waals surface area contributed by atoms with Crippen molar-refractivity contribution in [1.82, 2.24) is 14.8 Å². The summed E-state index contributed by atoms with van der Waals surface area (Å²) in [5, 5.41) is 15.2. The fourth-order valence-electron chi connectivity index (χ4n) is 3.79. The van der Waals surface area contributed by atoms with E-state index in [9.17, 15) is 9.59 Å². The molecule has 0 aliphatic heterocycles. The zero-order chi connectivity index (χ0) is 24.8. The van der Waals surface area contributed by atoms with Gasteiger partial charge in [-0.25, -0.2) is 0 Å². The highest BCUT2D eigenvalue weighted by Crippen LogP contribution is 2.26. The molecule has 4 aromatic rings. The van der Waals surface area contributed by atoms with Gasteiger partial charge in [0.2, 0.25) is 11.8 Å². The molecule has 7 nitrogen and oxygen atoms in total. The molecule has 2 amide bonds. The lowest BCUT2D eigenvalue weighted by molar-refractivity contribution is -0.114. The summed E-state index contributed by atoms with van der Waals surface area (Å²) >= 11 is 1.34. The van der Waals surface area contributed by atoms with Gasteiger partial charge < -0.3 is 10.6 Å². The Morgan fingerprint density at radius 2 is 1.63 bits per heavy atom. The fraction of sp³-hybridized carbons (Fsp3) is 0.185. The molecule has 0 spiro atoms. The molecule has 2 N–H and O–H groups in total. The summed E-state index contributed by atoms with van der Waals surface area (Å²) in [4.78, 5) is 24.0. The van der Waals surface area contributed by atoms with Crippen LogP contribution in [0.2, 0.25) is 0 Å². The van der Waals surface area contributed by atoms with Crippen molar-refractivity contribution in [2.24, 2.45) is 0 Å². The first kappa shape index (κ1) is 24.2. The highest BCUT2D eigenvalue weighted by molar-refractivity contribution is 7.99. The molecule has 0 aliphatic carbocycles. The lowest BCUT2D eigenvalue weighted by Crippen LogP contribution is -2.15. The van der Waals surface area contributed by atoms with Crippen LogP contribution in [0.1, 0.15) is 29.4 Å². The number of benzene rings is 3. The van der Waals surface area contributed by atoms with Crippen LogP contribution in [-0.2, 0) is 16.0 Å². The maximum absolute atomic E-state index is 12.7. The van der Waals surface area contributed by atoms with Crippen molar-refractivity contribution in [3.05, 3.63) is 95.3 Å². The van der Waals surface area contributed by atoms with E-state index in [0.717, 1.165) is 22.6 Å². The van der Waals surface area contributed by atoms with Crippen LogP contribution in [0.3, 0.4) is 0 Å². The lowest BCUT2D eigenvalue weighted by atomic mass is 10.1. The average molecular weight is 486 g/mol. The Labute approximate surface area is 209 Å². The Kier molecular flexibility index (Phi) is 7.62. The standard InChI is InChI=1S/C27H27N5O2S/c1-18-12-13-24(19(2)14-18)32-25(15-21-8-5-4-6-9-21)30-31-27(32)35-17-26(34)29-23-11-7-10-22(16-23)28-20(3)33/h4-14,16H,15,17H2,1-3H3,(H,28,33)(H,29,34). The maximum Gasteiger partial charge on any atom is 0.234 e. The normalized spacial score (nSPS) is 10.7. The monoisotopic (exact) mass is 485 g/mol. The predicted octanol–water partition coefficient (Wildman–Crippen LogP) is 5.16. The number of thioether (sulfide) groups is 1. The van der Waals surface area contributed by atoms with Gasteiger partial charge in [-0.3, -0.25) is 14.2 Å². The van der Waals surface area contributed by atoms with Crippen molar-refractivity contribution < 1.29 is 9.59 Å². The number of hydrogen-bond acceptors (Lipinski definition) is 5. The molecular weight excluding hydrogens is 458 g/mol. The van der Waals surface area contributed by atoms with E-state index in [2.05, 4.69) is 65.0 Å². The van der Waals surface area contributed by atoms with Gasteiger partial charge in [-0.15, -0.1) is 10.2 Å². The largest absolute Gasteiger partial charge is 0.326 e. The fourth-order valence-corrected chi connectivity index (χ4v) is 4.55. The minimum Gasteiger partial charge on any atom is -0.326 e. The molecule has 8 heteroatoms. The number of carbonyl (C=O) groups excluding carboxylic acids is 2. The third-order valence-electron chi connectivity index (χ3n) is 5.30. The topological polar surface area (TPSA) is 88.9 Å². The Morgan fingerprint density at radius 3 is 2.34 bits per heavy atom. The van der Waals surface area contributed by atoms with E-state index in [0.29, 0.717) is 23.0 Å². The molecule has 0 radical (unpaired) electrons. The molecule has 0 atom stereocenters. The summed E-state index contributed by atoms with van der Waals surface area (Å²) in [6, 6.07) is 23.5. The van der Waals surface area contributed by atoms with Crippen molar-refractivity contribution >= 4 is 35.0 Å². The first-order valence-electron chi connectivity index (χ1n) is 11.2. The number of rotatable bonds is 8. The van der Waals surface area contributed by atoms with Gasteiger partial charge in [0.1, 0.15) is 5.82 Å². The number of nitrogens with one attached hydrogen (secondary N) is 2. The zero-order valence-corrected chi connectivity index (χ0v) is 20.7. The third kappa shape index (κ3) is 6.36. The quantitative estimate of drug-likeness (QED) is 0.336. The molecule has 1 aromatic heterocycles. The van der Waals surface area contributed by atoms with Crippen molar-refractivity contribution in [2.75, 3.05) is 16.4 Å². The van der Waals surface area contributed by atoms with E-state index < -0.39 is 0 Å². The van der Waals surface area contributed by atoms with Crippen LogP contribution in [0, 0.1) is 13.8 Å². The molecule has 0 aliphatic rings. The van der Waals surface area contributed by atoms with Gasteiger partial charge in [0, 0.05) is 24.7 Å². The summed E-state index contributed by atoms with van der Waals surface area (Å²) < 4.78 is 2.04. The van der Waals surface area contributed by atoms with Gasteiger partial charge in [-0.2, -0.15) is 0 Å². The second-order valence-corrected chi connectivity index (χ2v) is 9.23. The number of hydrogen-bond donors (Lipinski definition) is 2. The molecular formula is C27H27N5O2S. The number of carbonyl (C=O) groups is 2. The van der Waals surface area contributed by atoms with Gasteiger partial charge >= 0.3 is 0 Å². The summed E-state index contributed by atoms with van der Waals surface area (Å²) in [5.74, 6) is 0.642. The molecule has 3 aromatic carbocycles. The summed E-state index contributed by atoms with van der Waals surface area (Å²) in [6.45, 7) is 5.58. The van der Waals surface area contributed by atoms with Crippen LogP contribution in [0.15, 0.2) is 78.0 Å². The van der Waals surface area contributed by atoms with E-state index in [1.54, 1.807) is 24.3 Å². The Balaban J connectivity index is 1.54. The minimum atomic E-state index is -0.172. The highest BCUT2D eigenvalue weighted by atomic mass is 32.2. The van der Waals surface area contributed by atoms with Gasteiger partial charge in [0.15, 0.2) is 5.16 Å².